The lowest BCUT2D eigenvalue weighted by Gasteiger charge is -2.53. The fourth-order valence-electron chi connectivity index (χ4n) is 4.61. The lowest BCUT2D eigenvalue weighted by molar-refractivity contribution is -0.234. The molecule has 2 aliphatic heterocycles. The van der Waals surface area contributed by atoms with E-state index in [1.54, 1.807) is 0 Å². The number of morpholine rings is 1. The van der Waals surface area contributed by atoms with Crippen LogP contribution in [0.4, 0.5) is 0 Å². The van der Waals surface area contributed by atoms with Gasteiger partial charge in [-0.05, 0) is 40.5 Å². The van der Waals surface area contributed by atoms with Gasteiger partial charge in [0.1, 0.15) is 5.60 Å². The van der Waals surface area contributed by atoms with Crippen molar-refractivity contribution in [1.29, 1.82) is 0 Å². The first-order chi connectivity index (χ1) is 8.79. The molecule has 1 N–H and O–H groups in total. The Bertz CT molecular complexity index is 352. The second-order valence-electron chi connectivity index (χ2n) is 7.99. The highest BCUT2D eigenvalue weighted by Gasteiger charge is 2.62. The lowest BCUT2D eigenvalue weighted by atomic mass is 9.76. The normalized spacial score (nSPS) is 39.8. The van der Waals surface area contributed by atoms with Gasteiger partial charge in [0.25, 0.3) is 0 Å². The molecule has 1 aliphatic carbocycles. The molecular formula is C16H29NO2. The predicted octanol–water partition coefficient (Wildman–Crippen LogP) is 3.03. The first-order valence-corrected chi connectivity index (χ1v) is 7.89. The van der Waals surface area contributed by atoms with Crippen LogP contribution in [0.2, 0.25) is 0 Å². The maximum absolute atomic E-state index is 6.83. The molecule has 1 saturated carbocycles. The van der Waals surface area contributed by atoms with E-state index in [4.69, 9.17) is 9.47 Å². The van der Waals surface area contributed by atoms with Crippen molar-refractivity contribution in [2.45, 2.75) is 88.6 Å². The van der Waals surface area contributed by atoms with Crippen LogP contribution in [-0.2, 0) is 9.47 Å². The second kappa shape index (κ2) is 4.19. The molecule has 2 saturated heterocycles. The summed E-state index contributed by atoms with van der Waals surface area (Å²) in [4.78, 5) is 0. The van der Waals surface area contributed by atoms with E-state index in [1.807, 2.05) is 0 Å². The van der Waals surface area contributed by atoms with Crippen molar-refractivity contribution in [3.05, 3.63) is 0 Å². The number of hydrogen-bond donors (Lipinski definition) is 1. The van der Waals surface area contributed by atoms with Gasteiger partial charge in [-0.25, -0.2) is 0 Å². The molecule has 0 bridgehead atoms. The Morgan fingerprint density at radius 2 is 1.53 bits per heavy atom. The maximum Gasteiger partial charge on any atom is 0.112 e. The van der Waals surface area contributed by atoms with E-state index in [1.165, 1.54) is 32.1 Å². The third kappa shape index (κ3) is 2.24. The Kier molecular flexibility index (Phi) is 3.05. The Morgan fingerprint density at radius 3 is 2.11 bits per heavy atom. The van der Waals surface area contributed by atoms with Crippen LogP contribution in [0, 0.1) is 0 Å². The SMILES string of the molecule is CC1(C)CC2(CNCC3(CCCCC3)O2)C(C)(C)O1. The monoisotopic (exact) mass is 267 g/mol. The number of hydrogen-bond acceptors (Lipinski definition) is 3. The van der Waals surface area contributed by atoms with Crippen LogP contribution in [0.25, 0.3) is 0 Å². The molecule has 3 heteroatoms. The molecule has 110 valence electrons. The number of rotatable bonds is 0. The molecule has 1 unspecified atom stereocenters. The van der Waals surface area contributed by atoms with Gasteiger partial charge in [-0.3, -0.25) is 0 Å². The van der Waals surface area contributed by atoms with Gasteiger partial charge in [0.15, 0.2) is 0 Å². The minimum atomic E-state index is -0.214. The van der Waals surface area contributed by atoms with Crippen LogP contribution in [0.5, 0.6) is 0 Å². The number of ether oxygens (including phenoxy) is 2. The zero-order valence-electron chi connectivity index (χ0n) is 13.0. The first-order valence-electron chi connectivity index (χ1n) is 7.89. The summed E-state index contributed by atoms with van der Waals surface area (Å²) in [7, 11) is 0. The average molecular weight is 267 g/mol. The van der Waals surface area contributed by atoms with E-state index in [0.717, 1.165) is 19.5 Å². The molecular weight excluding hydrogens is 238 g/mol. The van der Waals surface area contributed by atoms with Gasteiger partial charge in [-0.2, -0.15) is 0 Å². The smallest absolute Gasteiger partial charge is 0.112 e. The maximum atomic E-state index is 6.83. The van der Waals surface area contributed by atoms with E-state index >= 15 is 0 Å². The Balaban J connectivity index is 1.87. The van der Waals surface area contributed by atoms with Crippen molar-refractivity contribution in [3.8, 4) is 0 Å². The summed E-state index contributed by atoms with van der Waals surface area (Å²) in [6.07, 6.45) is 7.38. The largest absolute Gasteiger partial charge is 0.367 e. The summed E-state index contributed by atoms with van der Waals surface area (Å²) in [5, 5.41) is 3.67. The lowest BCUT2D eigenvalue weighted by Crippen LogP contribution is -2.66. The van der Waals surface area contributed by atoms with Crippen molar-refractivity contribution >= 4 is 0 Å². The van der Waals surface area contributed by atoms with Gasteiger partial charge in [-0.1, -0.05) is 19.3 Å². The van der Waals surface area contributed by atoms with Crippen LogP contribution in [0.15, 0.2) is 0 Å². The highest BCUT2D eigenvalue weighted by molar-refractivity contribution is 5.12. The van der Waals surface area contributed by atoms with Crippen LogP contribution in [0.1, 0.15) is 66.2 Å². The first kappa shape index (κ1) is 13.8. The molecule has 3 aliphatic rings. The zero-order chi connectivity index (χ0) is 13.8. The third-order valence-electron chi connectivity index (χ3n) is 5.37. The number of nitrogens with one attached hydrogen (secondary N) is 1. The minimum Gasteiger partial charge on any atom is -0.367 e. The van der Waals surface area contributed by atoms with Gasteiger partial charge < -0.3 is 14.8 Å². The van der Waals surface area contributed by atoms with Crippen LogP contribution < -0.4 is 5.32 Å². The van der Waals surface area contributed by atoms with E-state index in [0.29, 0.717) is 0 Å². The average Bonchev–Trinajstić information content (AvgIpc) is 2.44. The molecule has 2 heterocycles. The van der Waals surface area contributed by atoms with Crippen molar-refractivity contribution in [2.24, 2.45) is 0 Å². The molecule has 0 amide bonds. The molecule has 3 rings (SSSR count). The van der Waals surface area contributed by atoms with Crippen molar-refractivity contribution in [2.75, 3.05) is 13.1 Å². The Morgan fingerprint density at radius 1 is 0.842 bits per heavy atom. The summed E-state index contributed by atoms with van der Waals surface area (Å²) < 4.78 is 13.1. The summed E-state index contributed by atoms with van der Waals surface area (Å²) in [6, 6.07) is 0. The third-order valence-corrected chi connectivity index (χ3v) is 5.37. The minimum absolute atomic E-state index is 0.0670. The fraction of sp³-hybridized carbons (Fsp3) is 1.00. The van der Waals surface area contributed by atoms with Gasteiger partial charge >= 0.3 is 0 Å². The predicted molar refractivity (Wildman–Crippen MR) is 76.4 cm³/mol. The van der Waals surface area contributed by atoms with Gasteiger partial charge in [-0.15, -0.1) is 0 Å². The highest BCUT2D eigenvalue weighted by Crippen LogP contribution is 2.51. The van der Waals surface area contributed by atoms with Gasteiger partial charge in [0.2, 0.25) is 0 Å². The van der Waals surface area contributed by atoms with Gasteiger partial charge in [0, 0.05) is 19.5 Å². The van der Waals surface area contributed by atoms with E-state index in [-0.39, 0.29) is 22.4 Å². The molecule has 0 aromatic rings. The Labute approximate surface area is 117 Å². The second-order valence-corrected chi connectivity index (χ2v) is 7.99. The Hall–Kier alpha value is -0.120. The van der Waals surface area contributed by atoms with Crippen LogP contribution in [-0.4, -0.2) is 35.5 Å². The molecule has 19 heavy (non-hydrogen) atoms. The summed E-state index contributed by atoms with van der Waals surface area (Å²) in [5.41, 5.74) is -0.392. The summed E-state index contributed by atoms with van der Waals surface area (Å²) in [5.74, 6) is 0. The standard InChI is InChI=1S/C16H29NO2/c1-13(2)10-16(14(3,4)18-13)12-17-11-15(19-16)8-6-5-7-9-15/h17H,5-12H2,1-4H3. The van der Waals surface area contributed by atoms with Crippen molar-refractivity contribution in [3.63, 3.8) is 0 Å². The quantitative estimate of drug-likeness (QED) is 0.732. The molecule has 1 atom stereocenters. The zero-order valence-corrected chi connectivity index (χ0v) is 13.0. The molecule has 3 fully saturated rings. The van der Waals surface area contributed by atoms with E-state index in [2.05, 4.69) is 33.0 Å². The summed E-state index contributed by atoms with van der Waals surface area (Å²) >= 11 is 0. The molecule has 0 aromatic heterocycles. The van der Waals surface area contributed by atoms with Crippen molar-refractivity contribution in [1.82, 2.24) is 5.32 Å². The molecule has 2 spiro atoms. The van der Waals surface area contributed by atoms with Gasteiger partial charge in [0.05, 0.1) is 16.8 Å². The van der Waals surface area contributed by atoms with E-state index < -0.39 is 0 Å². The fourth-order valence-corrected chi connectivity index (χ4v) is 4.61. The molecule has 0 radical (unpaired) electrons. The highest BCUT2D eigenvalue weighted by atomic mass is 16.6. The molecule has 0 aromatic carbocycles. The topological polar surface area (TPSA) is 30.5 Å². The molecule has 3 nitrogen and oxygen atoms in total. The summed E-state index contributed by atoms with van der Waals surface area (Å²) in [6.45, 7) is 10.7. The van der Waals surface area contributed by atoms with Crippen molar-refractivity contribution < 1.29 is 9.47 Å². The van der Waals surface area contributed by atoms with Crippen LogP contribution in [0.3, 0.4) is 0 Å². The van der Waals surface area contributed by atoms with E-state index in [9.17, 15) is 0 Å². The van der Waals surface area contributed by atoms with Crippen LogP contribution >= 0.6 is 0 Å².